The van der Waals surface area contributed by atoms with Crippen LogP contribution in [-0.2, 0) is 0 Å². The van der Waals surface area contributed by atoms with E-state index in [9.17, 15) is 0 Å². The van der Waals surface area contributed by atoms with E-state index >= 15 is 0 Å². The van der Waals surface area contributed by atoms with Crippen LogP contribution in [0.5, 0.6) is 0 Å². The third-order valence-corrected chi connectivity index (χ3v) is 6.17. The van der Waals surface area contributed by atoms with Crippen LogP contribution >= 0.6 is 22.9 Å². The molecule has 1 fully saturated rings. The van der Waals surface area contributed by atoms with Gasteiger partial charge in [0.25, 0.3) is 0 Å². The molecule has 4 rings (SSSR count). The van der Waals surface area contributed by atoms with E-state index in [2.05, 4.69) is 23.6 Å². The smallest absolute Gasteiger partial charge is 0.214 e. The maximum Gasteiger partial charge on any atom is 0.214 e. The van der Waals surface area contributed by atoms with Crippen LogP contribution < -0.4 is 4.90 Å². The molecule has 3 aromatic rings. The van der Waals surface area contributed by atoms with Crippen molar-refractivity contribution in [3.05, 3.63) is 35.5 Å². The number of anilines is 1. The predicted molar refractivity (Wildman–Crippen MR) is 105 cm³/mol. The summed E-state index contributed by atoms with van der Waals surface area (Å²) in [6, 6.07) is 8.40. The molecule has 0 radical (unpaired) electrons. The van der Waals surface area contributed by atoms with E-state index in [1.807, 2.05) is 35.0 Å². The standard InChI is InChI=1S/C18H22ClN5S/c1-3-22(4-2)15-9-10-23(11-15)18-21-24-12-16(20-17(24)25-18)13-5-7-14(19)8-6-13/h5-8,12,15H,3-4,9-11H2,1-2H3. The van der Waals surface area contributed by atoms with Crippen LogP contribution in [0.4, 0.5) is 5.13 Å². The number of imidazole rings is 1. The molecule has 0 saturated carbocycles. The second-order valence-corrected chi connectivity index (χ2v) is 7.73. The quantitative estimate of drug-likeness (QED) is 0.674. The Bertz CT molecular complexity index is 821. The molecule has 5 nitrogen and oxygen atoms in total. The Kier molecular flexibility index (Phi) is 4.67. The number of hydrogen-bond acceptors (Lipinski definition) is 5. The van der Waals surface area contributed by atoms with Crippen LogP contribution in [0.25, 0.3) is 16.2 Å². The molecule has 0 aliphatic carbocycles. The van der Waals surface area contributed by atoms with Crippen molar-refractivity contribution in [2.45, 2.75) is 26.3 Å². The van der Waals surface area contributed by atoms with Gasteiger partial charge in [0.05, 0.1) is 11.9 Å². The van der Waals surface area contributed by atoms with Crippen LogP contribution in [0.3, 0.4) is 0 Å². The van der Waals surface area contributed by atoms with E-state index in [-0.39, 0.29) is 0 Å². The lowest BCUT2D eigenvalue weighted by molar-refractivity contribution is 0.232. The van der Waals surface area contributed by atoms with Crippen LogP contribution in [0.15, 0.2) is 30.5 Å². The highest BCUT2D eigenvalue weighted by Gasteiger charge is 2.28. The third kappa shape index (κ3) is 3.26. The van der Waals surface area contributed by atoms with Crippen molar-refractivity contribution < 1.29 is 0 Å². The molecule has 3 heterocycles. The molecule has 1 aliphatic heterocycles. The first kappa shape index (κ1) is 16.8. The summed E-state index contributed by atoms with van der Waals surface area (Å²) in [5.41, 5.74) is 2.00. The second-order valence-electron chi connectivity index (χ2n) is 6.35. The number of nitrogens with zero attached hydrogens (tertiary/aromatic N) is 5. The van der Waals surface area contributed by atoms with Crippen molar-refractivity contribution in [2.24, 2.45) is 0 Å². The van der Waals surface area contributed by atoms with E-state index in [1.165, 1.54) is 6.42 Å². The molecule has 25 heavy (non-hydrogen) atoms. The summed E-state index contributed by atoms with van der Waals surface area (Å²) >= 11 is 7.62. The Morgan fingerprint density at radius 1 is 1.24 bits per heavy atom. The minimum Gasteiger partial charge on any atom is -0.345 e. The maximum atomic E-state index is 5.96. The number of fused-ring (bicyclic) bond motifs is 1. The lowest BCUT2D eigenvalue weighted by Crippen LogP contribution is -2.37. The molecule has 7 heteroatoms. The van der Waals surface area contributed by atoms with Crippen molar-refractivity contribution in [3.63, 3.8) is 0 Å². The van der Waals surface area contributed by atoms with Gasteiger partial charge in [-0.2, -0.15) is 0 Å². The van der Waals surface area contributed by atoms with Gasteiger partial charge in [0, 0.05) is 29.7 Å². The largest absolute Gasteiger partial charge is 0.345 e. The van der Waals surface area contributed by atoms with E-state index in [0.717, 1.165) is 52.6 Å². The maximum absolute atomic E-state index is 5.96. The van der Waals surface area contributed by atoms with Crippen LogP contribution in [0.1, 0.15) is 20.3 Å². The average molecular weight is 376 g/mol. The molecule has 2 aromatic heterocycles. The molecule has 0 amide bonds. The van der Waals surface area contributed by atoms with Gasteiger partial charge < -0.3 is 4.90 Å². The van der Waals surface area contributed by atoms with Gasteiger partial charge in [0.2, 0.25) is 10.1 Å². The number of halogens is 1. The number of likely N-dealkylation sites (N-methyl/N-ethyl adjacent to an activating group) is 1. The highest BCUT2D eigenvalue weighted by atomic mass is 35.5. The molecule has 1 saturated heterocycles. The highest BCUT2D eigenvalue weighted by Crippen LogP contribution is 2.30. The zero-order valence-electron chi connectivity index (χ0n) is 14.5. The summed E-state index contributed by atoms with van der Waals surface area (Å²) in [5, 5.41) is 6.57. The van der Waals surface area contributed by atoms with Crippen molar-refractivity contribution in [1.82, 2.24) is 19.5 Å². The van der Waals surface area contributed by atoms with Gasteiger partial charge in [-0.15, -0.1) is 5.10 Å². The zero-order chi connectivity index (χ0) is 17.4. The van der Waals surface area contributed by atoms with E-state index < -0.39 is 0 Å². The molecular weight excluding hydrogens is 354 g/mol. The summed E-state index contributed by atoms with van der Waals surface area (Å²) in [7, 11) is 0. The van der Waals surface area contributed by atoms with Crippen LogP contribution in [0, 0.1) is 0 Å². The number of hydrogen-bond donors (Lipinski definition) is 0. The lowest BCUT2D eigenvalue weighted by Gasteiger charge is -2.25. The van der Waals surface area contributed by atoms with Crippen molar-refractivity contribution in [2.75, 3.05) is 31.1 Å². The molecular formula is C18H22ClN5S. The van der Waals surface area contributed by atoms with Crippen molar-refractivity contribution in [3.8, 4) is 11.3 Å². The SMILES string of the molecule is CCN(CC)C1CCN(c2nn3cc(-c4ccc(Cl)cc4)nc3s2)C1. The Balaban J connectivity index is 1.53. The first-order valence-electron chi connectivity index (χ1n) is 8.79. The first-order valence-corrected chi connectivity index (χ1v) is 9.98. The Labute approximate surface area is 156 Å². The van der Waals surface area contributed by atoms with Gasteiger partial charge in [0.15, 0.2) is 0 Å². The molecule has 0 N–H and O–H groups in total. The van der Waals surface area contributed by atoms with Gasteiger partial charge in [-0.1, -0.05) is 48.9 Å². The summed E-state index contributed by atoms with van der Waals surface area (Å²) in [5.74, 6) is 0. The number of aromatic nitrogens is 3. The predicted octanol–water partition coefficient (Wildman–Crippen LogP) is 4.03. The fraction of sp³-hybridized carbons (Fsp3) is 0.444. The molecule has 1 atom stereocenters. The normalized spacial score (nSPS) is 17.9. The molecule has 1 unspecified atom stereocenters. The Morgan fingerprint density at radius 2 is 2.00 bits per heavy atom. The van der Waals surface area contributed by atoms with Crippen LogP contribution in [-0.4, -0.2) is 51.7 Å². The van der Waals surface area contributed by atoms with Crippen molar-refractivity contribution >= 4 is 33.0 Å². The highest BCUT2D eigenvalue weighted by molar-refractivity contribution is 7.20. The average Bonchev–Trinajstić information content (AvgIpc) is 3.30. The molecule has 1 aromatic carbocycles. The molecule has 132 valence electrons. The first-order chi connectivity index (χ1) is 12.2. The molecule has 1 aliphatic rings. The van der Waals surface area contributed by atoms with Gasteiger partial charge in [-0.05, 0) is 31.6 Å². The number of benzene rings is 1. The second kappa shape index (κ2) is 6.94. The minimum atomic E-state index is 0.635. The van der Waals surface area contributed by atoms with E-state index in [1.54, 1.807) is 11.3 Å². The molecule has 0 spiro atoms. The van der Waals surface area contributed by atoms with Crippen LogP contribution in [0.2, 0.25) is 5.02 Å². The van der Waals surface area contributed by atoms with Gasteiger partial charge in [-0.3, -0.25) is 4.90 Å². The lowest BCUT2D eigenvalue weighted by atomic mass is 10.2. The van der Waals surface area contributed by atoms with Gasteiger partial charge >= 0.3 is 0 Å². The summed E-state index contributed by atoms with van der Waals surface area (Å²) in [6.45, 7) is 8.83. The van der Waals surface area contributed by atoms with Gasteiger partial charge in [0.1, 0.15) is 0 Å². The number of rotatable bonds is 5. The van der Waals surface area contributed by atoms with Crippen molar-refractivity contribution in [1.29, 1.82) is 0 Å². The summed E-state index contributed by atoms with van der Waals surface area (Å²) < 4.78 is 1.90. The summed E-state index contributed by atoms with van der Waals surface area (Å²) in [6.07, 6.45) is 3.20. The zero-order valence-corrected chi connectivity index (χ0v) is 16.1. The third-order valence-electron chi connectivity index (χ3n) is 4.94. The van der Waals surface area contributed by atoms with E-state index in [0.29, 0.717) is 6.04 Å². The fourth-order valence-electron chi connectivity index (χ4n) is 3.53. The monoisotopic (exact) mass is 375 g/mol. The van der Waals surface area contributed by atoms with Gasteiger partial charge in [-0.25, -0.2) is 9.50 Å². The topological polar surface area (TPSA) is 36.7 Å². The van der Waals surface area contributed by atoms with E-state index in [4.69, 9.17) is 21.7 Å². The molecule has 0 bridgehead atoms. The fourth-order valence-corrected chi connectivity index (χ4v) is 4.57. The summed E-state index contributed by atoms with van der Waals surface area (Å²) in [4.78, 5) is 10.6. The Hall–Kier alpha value is -1.63. The minimum absolute atomic E-state index is 0.635. The Morgan fingerprint density at radius 3 is 2.68 bits per heavy atom.